The monoisotopic (exact) mass is 462 g/mol. The van der Waals surface area contributed by atoms with Crippen molar-refractivity contribution in [2.45, 2.75) is 52.5 Å². The zero-order chi connectivity index (χ0) is 24.1. The summed E-state index contributed by atoms with van der Waals surface area (Å²) in [6.07, 6.45) is 1.68. The first-order valence-electron chi connectivity index (χ1n) is 11.8. The van der Waals surface area contributed by atoms with Gasteiger partial charge < -0.3 is 19.3 Å². The van der Waals surface area contributed by atoms with Crippen molar-refractivity contribution in [1.82, 2.24) is 30.4 Å². The second-order valence-electron chi connectivity index (χ2n) is 8.77. The number of aromatic amines is 1. The maximum Gasteiger partial charge on any atom is 0.205 e. The third-order valence-electron chi connectivity index (χ3n) is 6.22. The molecule has 0 spiro atoms. The quantitative estimate of drug-likeness (QED) is 0.439. The van der Waals surface area contributed by atoms with Crippen molar-refractivity contribution < 1.29 is 9.47 Å². The fourth-order valence-corrected chi connectivity index (χ4v) is 4.59. The van der Waals surface area contributed by atoms with Crippen LogP contribution in [-0.2, 0) is 16.0 Å². The molecule has 0 atom stereocenters. The van der Waals surface area contributed by atoms with Crippen LogP contribution in [0.4, 0.5) is 0 Å². The molecular formula is C26H34N6O2. The first-order valence-corrected chi connectivity index (χ1v) is 11.8. The highest BCUT2D eigenvalue weighted by Crippen LogP contribution is 2.34. The first-order chi connectivity index (χ1) is 16.6. The lowest BCUT2D eigenvalue weighted by Crippen LogP contribution is -2.36. The number of aromatic nitrogens is 4. The van der Waals surface area contributed by atoms with E-state index in [1.165, 1.54) is 11.3 Å². The van der Waals surface area contributed by atoms with Gasteiger partial charge in [-0.25, -0.2) is 0 Å². The molecule has 2 aromatic carbocycles. The smallest absolute Gasteiger partial charge is 0.205 e. The Kier molecular flexibility index (Phi) is 7.59. The van der Waals surface area contributed by atoms with E-state index in [9.17, 15) is 0 Å². The summed E-state index contributed by atoms with van der Waals surface area (Å²) in [4.78, 5) is 4.84. The van der Waals surface area contributed by atoms with E-state index in [4.69, 9.17) is 9.47 Å². The average Bonchev–Trinajstić information content (AvgIpc) is 3.51. The Morgan fingerprint density at radius 2 is 1.71 bits per heavy atom. The summed E-state index contributed by atoms with van der Waals surface area (Å²) in [7, 11) is 3.41. The third-order valence-corrected chi connectivity index (χ3v) is 6.22. The van der Waals surface area contributed by atoms with Gasteiger partial charge in [0.2, 0.25) is 5.82 Å². The highest BCUT2D eigenvalue weighted by Gasteiger charge is 2.34. The average molecular weight is 463 g/mol. The van der Waals surface area contributed by atoms with Crippen LogP contribution in [0.2, 0.25) is 0 Å². The van der Waals surface area contributed by atoms with E-state index in [1.807, 2.05) is 18.2 Å². The predicted molar refractivity (Wildman–Crippen MR) is 132 cm³/mol. The second kappa shape index (κ2) is 10.8. The van der Waals surface area contributed by atoms with E-state index in [-0.39, 0.29) is 6.29 Å². The first kappa shape index (κ1) is 23.9. The molecule has 1 aliphatic rings. The fourth-order valence-electron chi connectivity index (χ4n) is 4.59. The van der Waals surface area contributed by atoms with Crippen LogP contribution in [0, 0.1) is 0 Å². The van der Waals surface area contributed by atoms with Crippen LogP contribution in [0.5, 0.6) is 0 Å². The van der Waals surface area contributed by atoms with E-state index >= 15 is 0 Å². The molecule has 4 rings (SSSR count). The normalized spacial score (nSPS) is 14.2. The zero-order valence-electron chi connectivity index (χ0n) is 20.7. The largest absolute Gasteiger partial charge is 0.351 e. The van der Waals surface area contributed by atoms with Crippen LogP contribution in [0.3, 0.4) is 0 Å². The second-order valence-corrected chi connectivity index (χ2v) is 8.77. The Bertz CT molecular complexity index is 1090. The van der Waals surface area contributed by atoms with Crippen molar-refractivity contribution in [3.63, 3.8) is 0 Å². The van der Waals surface area contributed by atoms with Crippen LogP contribution in [-0.4, -0.2) is 63.6 Å². The number of H-pyrrole nitrogens is 1. The lowest BCUT2D eigenvalue weighted by Gasteiger charge is -2.30. The SMILES string of the molecule is CCCC1=C(C(OC)OC)N(C(C)C)CN1Cc1ccc(-c2ccccc2-c2nn[nH]n2)cc1. The fraction of sp³-hybridized carbons (Fsp3) is 0.423. The molecule has 0 unspecified atom stereocenters. The summed E-state index contributed by atoms with van der Waals surface area (Å²) in [5.41, 5.74) is 6.87. The number of nitrogens with one attached hydrogen (secondary N) is 1. The highest BCUT2D eigenvalue weighted by atomic mass is 16.7. The number of hydrogen-bond acceptors (Lipinski definition) is 7. The number of nitrogens with zero attached hydrogens (tertiary/aromatic N) is 5. The van der Waals surface area contributed by atoms with Gasteiger partial charge >= 0.3 is 0 Å². The van der Waals surface area contributed by atoms with Gasteiger partial charge in [0.1, 0.15) is 0 Å². The molecule has 1 N–H and O–H groups in total. The number of rotatable bonds is 10. The van der Waals surface area contributed by atoms with Gasteiger partial charge in [-0.05, 0) is 42.2 Å². The molecule has 180 valence electrons. The van der Waals surface area contributed by atoms with Crippen molar-refractivity contribution >= 4 is 0 Å². The Morgan fingerprint density at radius 3 is 2.29 bits per heavy atom. The molecule has 1 aromatic heterocycles. The van der Waals surface area contributed by atoms with E-state index < -0.39 is 0 Å². The molecule has 1 aliphatic heterocycles. The summed E-state index contributed by atoms with van der Waals surface area (Å²) in [5, 5.41) is 14.6. The van der Waals surface area contributed by atoms with Gasteiger partial charge in [-0.1, -0.05) is 61.9 Å². The van der Waals surface area contributed by atoms with Gasteiger partial charge in [0.15, 0.2) is 6.29 Å². The van der Waals surface area contributed by atoms with Gasteiger partial charge in [-0.15, -0.1) is 10.2 Å². The van der Waals surface area contributed by atoms with Crippen LogP contribution in [0.15, 0.2) is 59.9 Å². The van der Waals surface area contributed by atoms with Crippen LogP contribution >= 0.6 is 0 Å². The minimum absolute atomic E-state index is 0.351. The molecule has 0 saturated carbocycles. The topological polar surface area (TPSA) is 79.4 Å². The van der Waals surface area contributed by atoms with Gasteiger partial charge in [-0.3, -0.25) is 0 Å². The van der Waals surface area contributed by atoms with Crippen molar-refractivity contribution in [3.8, 4) is 22.5 Å². The summed E-state index contributed by atoms with van der Waals surface area (Å²) in [5.74, 6) is 0.596. The molecule has 0 aliphatic carbocycles. The molecule has 8 heteroatoms. The number of ether oxygens (including phenoxy) is 2. The molecule has 8 nitrogen and oxygen atoms in total. The summed E-state index contributed by atoms with van der Waals surface area (Å²) in [6, 6.07) is 17.2. The molecule has 3 aromatic rings. The molecule has 2 heterocycles. The number of benzene rings is 2. The van der Waals surface area contributed by atoms with E-state index in [0.717, 1.165) is 48.4 Å². The standard InChI is InChI=1S/C26H34N6O2/c1-6-9-23-24(26(33-4)34-5)32(18(2)3)17-31(23)16-19-12-14-20(15-13-19)21-10-7-8-11-22(21)25-27-29-30-28-25/h7-8,10-15,18,26H,6,9,16-17H2,1-5H3,(H,27,28,29,30). The molecule has 34 heavy (non-hydrogen) atoms. The Morgan fingerprint density at radius 1 is 1.00 bits per heavy atom. The summed E-state index contributed by atoms with van der Waals surface area (Å²) in [6.45, 7) is 8.30. The van der Waals surface area contributed by atoms with Crippen LogP contribution in [0.25, 0.3) is 22.5 Å². The predicted octanol–water partition coefficient (Wildman–Crippen LogP) is 4.65. The van der Waals surface area contributed by atoms with Gasteiger partial charge in [0.05, 0.1) is 12.4 Å². The Hall–Kier alpha value is -3.23. The van der Waals surface area contributed by atoms with E-state index in [1.54, 1.807) is 14.2 Å². The number of tetrazole rings is 1. The van der Waals surface area contributed by atoms with Gasteiger partial charge in [-0.2, -0.15) is 5.21 Å². The number of allylic oxidation sites excluding steroid dienone is 1. The highest BCUT2D eigenvalue weighted by molar-refractivity contribution is 5.80. The maximum atomic E-state index is 5.68. The maximum absolute atomic E-state index is 5.68. The Balaban J connectivity index is 1.60. The lowest BCUT2D eigenvalue weighted by atomic mass is 9.98. The minimum atomic E-state index is -0.363. The molecular weight excluding hydrogens is 428 g/mol. The molecule has 0 saturated heterocycles. The lowest BCUT2D eigenvalue weighted by molar-refractivity contribution is -0.0905. The molecule has 0 amide bonds. The van der Waals surface area contributed by atoms with Crippen molar-refractivity contribution in [2.24, 2.45) is 0 Å². The molecule has 0 bridgehead atoms. The van der Waals surface area contributed by atoms with E-state index in [2.05, 4.69) is 81.5 Å². The van der Waals surface area contributed by atoms with Gasteiger partial charge in [0.25, 0.3) is 0 Å². The van der Waals surface area contributed by atoms with Gasteiger partial charge in [0, 0.05) is 38.1 Å². The van der Waals surface area contributed by atoms with Crippen molar-refractivity contribution in [1.29, 1.82) is 0 Å². The molecule has 0 radical (unpaired) electrons. The van der Waals surface area contributed by atoms with Crippen molar-refractivity contribution in [3.05, 3.63) is 65.5 Å². The Labute approximate surface area is 201 Å². The van der Waals surface area contributed by atoms with Crippen molar-refractivity contribution in [2.75, 3.05) is 20.9 Å². The van der Waals surface area contributed by atoms with Crippen LogP contribution in [0.1, 0.15) is 39.2 Å². The summed E-state index contributed by atoms with van der Waals surface area (Å²) >= 11 is 0. The number of methoxy groups -OCH3 is 2. The van der Waals surface area contributed by atoms with Crippen LogP contribution < -0.4 is 0 Å². The molecule has 0 fully saturated rings. The zero-order valence-corrected chi connectivity index (χ0v) is 20.7. The summed E-state index contributed by atoms with van der Waals surface area (Å²) < 4.78 is 11.4. The third kappa shape index (κ3) is 4.83. The van der Waals surface area contributed by atoms with E-state index in [0.29, 0.717) is 11.9 Å². The number of hydrogen-bond donors (Lipinski definition) is 1. The minimum Gasteiger partial charge on any atom is -0.351 e.